The summed E-state index contributed by atoms with van der Waals surface area (Å²) < 4.78 is 0. The highest BCUT2D eigenvalue weighted by Gasteiger charge is 2.32. The number of nitrogens with zero attached hydrogens (tertiary/aromatic N) is 1. The van der Waals surface area contributed by atoms with Gasteiger partial charge in [-0.3, -0.25) is 5.43 Å². The molecule has 0 aromatic carbocycles. The van der Waals surface area contributed by atoms with Gasteiger partial charge in [-0.2, -0.15) is 5.10 Å². The fourth-order valence-electron chi connectivity index (χ4n) is 2.74. The molecule has 4 amide bonds. The zero-order valence-electron chi connectivity index (χ0n) is 12.0. The molecule has 0 aromatic heterocycles. The molecule has 20 heavy (non-hydrogen) atoms. The summed E-state index contributed by atoms with van der Waals surface area (Å²) in [5, 5.41) is 4.06. The number of hydrogen-bond acceptors (Lipinski definition) is 4. The lowest BCUT2D eigenvalue weighted by Crippen LogP contribution is -2.55. The average molecular weight is 284 g/mol. The first-order chi connectivity index (χ1) is 9.43. The van der Waals surface area contributed by atoms with Crippen LogP contribution in [0.25, 0.3) is 0 Å². The third-order valence-corrected chi connectivity index (χ3v) is 3.49. The van der Waals surface area contributed by atoms with Crippen LogP contribution < -0.4 is 27.7 Å². The Morgan fingerprint density at radius 2 is 2.05 bits per heavy atom. The van der Waals surface area contributed by atoms with Gasteiger partial charge in [0.15, 0.2) is 0 Å². The van der Waals surface area contributed by atoms with E-state index in [-0.39, 0.29) is 12.0 Å². The van der Waals surface area contributed by atoms with Gasteiger partial charge in [-0.15, -0.1) is 0 Å². The van der Waals surface area contributed by atoms with Crippen LogP contribution >= 0.6 is 0 Å². The van der Waals surface area contributed by atoms with Crippen LogP contribution in [-0.4, -0.2) is 23.8 Å². The molecule has 0 heterocycles. The Kier molecular flexibility index (Phi) is 6.23. The molecule has 0 radical (unpaired) electrons. The monoisotopic (exact) mass is 284 g/mol. The normalized spacial score (nSPS) is 28.1. The van der Waals surface area contributed by atoms with Crippen LogP contribution in [-0.2, 0) is 0 Å². The molecule has 0 unspecified atom stereocenters. The summed E-state index contributed by atoms with van der Waals surface area (Å²) in [6, 6.07) is -1.53. The Hall–Kier alpha value is -1.83. The van der Waals surface area contributed by atoms with E-state index in [1.54, 1.807) is 0 Å². The number of hydrazine groups is 1. The van der Waals surface area contributed by atoms with Gasteiger partial charge in [0, 0.05) is 0 Å². The van der Waals surface area contributed by atoms with Gasteiger partial charge in [-0.1, -0.05) is 26.7 Å². The van der Waals surface area contributed by atoms with Crippen molar-refractivity contribution in [2.45, 2.75) is 45.6 Å². The molecule has 0 saturated heterocycles. The van der Waals surface area contributed by atoms with Gasteiger partial charge in [0.2, 0.25) is 0 Å². The number of amides is 4. The molecule has 114 valence electrons. The molecule has 1 fully saturated rings. The van der Waals surface area contributed by atoms with E-state index in [1.165, 1.54) is 0 Å². The number of hydrogen-bond donors (Lipinski definition) is 5. The van der Waals surface area contributed by atoms with E-state index in [1.807, 2.05) is 0 Å². The van der Waals surface area contributed by atoms with Crippen LogP contribution in [0.15, 0.2) is 5.10 Å². The summed E-state index contributed by atoms with van der Waals surface area (Å²) in [7, 11) is 0. The number of rotatable bonds is 5. The molecular formula is C12H24N6O2. The quantitative estimate of drug-likeness (QED) is 0.467. The highest BCUT2D eigenvalue weighted by molar-refractivity contribution is 5.92. The van der Waals surface area contributed by atoms with E-state index in [4.69, 9.17) is 11.5 Å². The van der Waals surface area contributed by atoms with Crippen LogP contribution in [0.5, 0.6) is 0 Å². The van der Waals surface area contributed by atoms with E-state index < -0.39 is 12.1 Å². The Labute approximate surface area is 118 Å². The summed E-state index contributed by atoms with van der Waals surface area (Å²) >= 11 is 0. The highest BCUT2D eigenvalue weighted by atomic mass is 16.2. The average Bonchev–Trinajstić information content (AvgIpc) is 2.35. The number of primary amides is 2. The Morgan fingerprint density at radius 1 is 1.35 bits per heavy atom. The number of nitrogens with one attached hydrogen (secondary N) is 3. The number of carbonyl (C=O) groups excluding carboxylic acids is 2. The van der Waals surface area contributed by atoms with Crippen molar-refractivity contribution in [1.29, 1.82) is 0 Å². The second kappa shape index (κ2) is 7.68. The fourth-order valence-corrected chi connectivity index (χ4v) is 2.74. The zero-order chi connectivity index (χ0) is 15.1. The fraction of sp³-hybridized carbons (Fsp3) is 0.750. The maximum Gasteiger partial charge on any atom is 0.332 e. The lowest BCUT2D eigenvalue weighted by atomic mass is 9.76. The molecule has 1 rings (SSSR count). The maximum atomic E-state index is 10.8. The number of urea groups is 2. The molecule has 0 bridgehead atoms. The van der Waals surface area contributed by atoms with Crippen molar-refractivity contribution >= 4 is 17.8 Å². The highest BCUT2D eigenvalue weighted by Crippen LogP contribution is 2.30. The lowest BCUT2D eigenvalue weighted by molar-refractivity contribution is 0.235. The molecule has 0 spiro atoms. The van der Waals surface area contributed by atoms with E-state index in [2.05, 4.69) is 35.2 Å². The summed E-state index contributed by atoms with van der Waals surface area (Å²) in [6.45, 7) is 4.21. The lowest BCUT2D eigenvalue weighted by Gasteiger charge is -2.35. The number of hydrazone groups is 1. The Balaban J connectivity index is 2.78. The van der Waals surface area contributed by atoms with Gasteiger partial charge in [-0.25, -0.2) is 20.4 Å². The Morgan fingerprint density at radius 3 is 2.60 bits per heavy atom. The predicted molar refractivity (Wildman–Crippen MR) is 76.6 cm³/mol. The summed E-state index contributed by atoms with van der Waals surface area (Å²) in [5.41, 5.74) is 18.4. The van der Waals surface area contributed by atoms with Crippen LogP contribution in [0, 0.1) is 11.8 Å². The van der Waals surface area contributed by atoms with Crippen molar-refractivity contribution in [3.05, 3.63) is 0 Å². The third-order valence-electron chi connectivity index (χ3n) is 3.49. The van der Waals surface area contributed by atoms with Gasteiger partial charge in [0.25, 0.3) is 0 Å². The molecule has 3 atom stereocenters. The molecule has 7 N–H and O–H groups in total. The first-order valence-corrected chi connectivity index (χ1v) is 6.86. The van der Waals surface area contributed by atoms with E-state index >= 15 is 0 Å². The SMILES string of the molecule is CCC[C@H]1C/C(=N\NC(N)=O)[C@@H](NNC(N)=O)[C@H](C)C1. The molecular weight excluding hydrogens is 260 g/mol. The minimum Gasteiger partial charge on any atom is -0.351 e. The third kappa shape index (κ3) is 5.04. The standard InChI is InChI=1S/C12H24N6O2/c1-3-4-8-5-7(2)10(16-18-12(14)20)9(6-8)15-17-11(13)19/h7-8,10,16H,3-6H2,1-2H3,(H3,13,17,19)(H3,14,18,20)/b15-9+/t7-,8-,10+/m1/s1. The Bertz CT molecular complexity index is 384. The van der Waals surface area contributed by atoms with E-state index in [9.17, 15) is 9.59 Å². The van der Waals surface area contributed by atoms with Crippen molar-refractivity contribution in [1.82, 2.24) is 16.3 Å². The van der Waals surface area contributed by atoms with Gasteiger partial charge in [-0.05, 0) is 24.7 Å². The summed E-state index contributed by atoms with van der Waals surface area (Å²) in [5.74, 6) is 0.788. The topological polar surface area (TPSA) is 135 Å². The molecule has 0 aromatic rings. The first-order valence-electron chi connectivity index (χ1n) is 6.86. The summed E-state index contributed by atoms with van der Waals surface area (Å²) in [6.07, 6.45) is 4.00. The molecule has 8 nitrogen and oxygen atoms in total. The number of nitrogens with two attached hydrogens (primary N) is 2. The second-order valence-electron chi connectivity index (χ2n) is 5.26. The van der Waals surface area contributed by atoms with E-state index in [0.717, 1.165) is 31.4 Å². The maximum absolute atomic E-state index is 10.8. The van der Waals surface area contributed by atoms with E-state index in [0.29, 0.717) is 5.92 Å². The van der Waals surface area contributed by atoms with Gasteiger partial charge >= 0.3 is 12.1 Å². The minimum atomic E-state index is -0.704. The summed E-state index contributed by atoms with van der Waals surface area (Å²) in [4.78, 5) is 21.6. The van der Waals surface area contributed by atoms with Crippen molar-refractivity contribution in [3.8, 4) is 0 Å². The van der Waals surface area contributed by atoms with Crippen molar-refractivity contribution in [2.75, 3.05) is 0 Å². The molecule has 8 heteroatoms. The second-order valence-corrected chi connectivity index (χ2v) is 5.26. The van der Waals surface area contributed by atoms with Crippen LogP contribution in [0.1, 0.15) is 39.5 Å². The molecule has 0 aliphatic heterocycles. The number of carbonyl (C=O) groups is 2. The van der Waals surface area contributed by atoms with Crippen LogP contribution in [0.3, 0.4) is 0 Å². The largest absolute Gasteiger partial charge is 0.351 e. The van der Waals surface area contributed by atoms with Gasteiger partial charge in [0.1, 0.15) is 0 Å². The van der Waals surface area contributed by atoms with Crippen LogP contribution in [0.4, 0.5) is 9.59 Å². The molecule has 1 saturated carbocycles. The predicted octanol–water partition coefficient (Wildman–Crippen LogP) is 0.398. The van der Waals surface area contributed by atoms with Crippen molar-refractivity contribution in [3.63, 3.8) is 0 Å². The van der Waals surface area contributed by atoms with Gasteiger partial charge < -0.3 is 11.5 Å². The first kappa shape index (κ1) is 16.2. The minimum absolute atomic E-state index is 0.164. The molecule has 1 aliphatic carbocycles. The van der Waals surface area contributed by atoms with Crippen molar-refractivity contribution in [2.24, 2.45) is 28.4 Å². The smallest absolute Gasteiger partial charge is 0.332 e. The van der Waals surface area contributed by atoms with Gasteiger partial charge in [0.05, 0.1) is 11.8 Å². The zero-order valence-corrected chi connectivity index (χ0v) is 12.0. The van der Waals surface area contributed by atoms with Crippen molar-refractivity contribution < 1.29 is 9.59 Å². The molecule has 1 aliphatic rings. The van der Waals surface area contributed by atoms with Crippen LogP contribution in [0.2, 0.25) is 0 Å².